The Kier molecular flexibility index (Phi) is 6.23. The highest BCUT2D eigenvalue weighted by Crippen LogP contribution is 2.12. The van der Waals surface area contributed by atoms with E-state index in [2.05, 4.69) is 0 Å². The maximum atomic E-state index is 10.9. The molecule has 0 spiro atoms. The zero-order valence-electron chi connectivity index (χ0n) is 8.95. The molecule has 1 aromatic carbocycles. The lowest BCUT2D eigenvalue weighted by Gasteiger charge is -2.16. The van der Waals surface area contributed by atoms with Gasteiger partial charge in [0.05, 0.1) is 5.92 Å². The van der Waals surface area contributed by atoms with Crippen LogP contribution in [0.15, 0.2) is 30.3 Å². The number of carboxylic acids is 2. The van der Waals surface area contributed by atoms with Gasteiger partial charge in [0, 0.05) is 0 Å². The van der Waals surface area contributed by atoms with Gasteiger partial charge < -0.3 is 15.9 Å². The Bertz CT molecular complexity index is 382. The van der Waals surface area contributed by atoms with E-state index in [1.807, 2.05) is 0 Å². The van der Waals surface area contributed by atoms with Crippen molar-refractivity contribution in [3.05, 3.63) is 35.9 Å². The summed E-state index contributed by atoms with van der Waals surface area (Å²) in [4.78, 5) is 21.6. The third-order valence-corrected chi connectivity index (χ3v) is 2.33. The van der Waals surface area contributed by atoms with Crippen molar-refractivity contribution in [3.8, 4) is 0 Å². The molecule has 0 heterocycles. The lowest BCUT2D eigenvalue weighted by atomic mass is 9.93. The fourth-order valence-corrected chi connectivity index (χ4v) is 1.41. The molecule has 0 amide bonds. The molecule has 5 nitrogen and oxygen atoms in total. The summed E-state index contributed by atoms with van der Waals surface area (Å²) in [6.07, 6.45) is 0.115. The Balaban J connectivity index is 0.00000256. The van der Waals surface area contributed by atoms with E-state index in [1.165, 1.54) is 0 Å². The first-order valence-electron chi connectivity index (χ1n) is 4.77. The van der Waals surface area contributed by atoms with Crippen molar-refractivity contribution in [2.75, 3.05) is 0 Å². The Morgan fingerprint density at radius 1 is 1.12 bits per heavy atom. The molecule has 0 fully saturated rings. The lowest BCUT2D eigenvalue weighted by molar-refractivity contribution is -0.149. The molecule has 6 heteroatoms. The summed E-state index contributed by atoms with van der Waals surface area (Å²) in [6.45, 7) is 0. The monoisotopic (exact) mass is 259 g/mol. The Morgan fingerprint density at radius 3 is 2.06 bits per heavy atom. The van der Waals surface area contributed by atoms with Crippen LogP contribution in [0.1, 0.15) is 5.56 Å². The number of hydrogen-bond donors (Lipinski definition) is 3. The Morgan fingerprint density at radius 2 is 1.65 bits per heavy atom. The highest BCUT2D eigenvalue weighted by molar-refractivity contribution is 5.85. The van der Waals surface area contributed by atoms with Crippen molar-refractivity contribution in [2.24, 2.45) is 11.7 Å². The highest BCUT2D eigenvalue weighted by atomic mass is 35.5. The summed E-state index contributed by atoms with van der Waals surface area (Å²) in [7, 11) is 0. The summed E-state index contributed by atoms with van der Waals surface area (Å²) < 4.78 is 0. The summed E-state index contributed by atoms with van der Waals surface area (Å²) in [5, 5.41) is 17.6. The van der Waals surface area contributed by atoms with Gasteiger partial charge in [-0.25, -0.2) is 0 Å². The molecule has 0 bridgehead atoms. The van der Waals surface area contributed by atoms with Crippen molar-refractivity contribution in [3.63, 3.8) is 0 Å². The predicted octanol–water partition coefficient (Wildman–Crippen LogP) is 0.764. The SMILES string of the molecule is Cl.N[C@H](C(=O)O)C(Cc1ccccc1)C(=O)O. The van der Waals surface area contributed by atoms with Crippen molar-refractivity contribution in [1.82, 2.24) is 0 Å². The first-order valence-corrected chi connectivity index (χ1v) is 4.77. The molecular weight excluding hydrogens is 246 g/mol. The van der Waals surface area contributed by atoms with Gasteiger partial charge in [-0.1, -0.05) is 30.3 Å². The number of nitrogens with two attached hydrogens (primary N) is 1. The summed E-state index contributed by atoms with van der Waals surface area (Å²) in [5.41, 5.74) is 6.09. The van der Waals surface area contributed by atoms with Gasteiger partial charge in [-0.05, 0) is 12.0 Å². The van der Waals surface area contributed by atoms with Crippen LogP contribution in [0, 0.1) is 5.92 Å². The number of hydrogen-bond acceptors (Lipinski definition) is 3. The largest absolute Gasteiger partial charge is 0.481 e. The van der Waals surface area contributed by atoms with Crippen molar-refractivity contribution in [1.29, 1.82) is 0 Å². The van der Waals surface area contributed by atoms with E-state index in [0.29, 0.717) is 0 Å². The minimum absolute atomic E-state index is 0. The van der Waals surface area contributed by atoms with E-state index in [1.54, 1.807) is 30.3 Å². The normalized spacial score (nSPS) is 13.2. The molecule has 2 atom stereocenters. The topological polar surface area (TPSA) is 101 Å². The molecule has 0 aromatic heterocycles. The second-order valence-electron chi connectivity index (χ2n) is 3.50. The summed E-state index contributed by atoms with van der Waals surface area (Å²) in [5.74, 6) is -3.61. The molecular formula is C11H14ClNO4. The fourth-order valence-electron chi connectivity index (χ4n) is 1.41. The zero-order valence-corrected chi connectivity index (χ0v) is 9.76. The van der Waals surface area contributed by atoms with E-state index in [9.17, 15) is 9.59 Å². The molecule has 17 heavy (non-hydrogen) atoms. The molecule has 1 aromatic rings. The van der Waals surface area contributed by atoms with E-state index in [4.69, 9.17) is 15.9 Å². The molecule has 1 unspecified atom stereocenters. The predicted molar refractivity (Wildman–Crippen MR) is 64.1 cm³/mol. The average molecular weight is 260 g/mol. The van der Waals surface area contributed by atoms with E-state index < -0.39 is 23.9 Å². The third kappa shape index (κ3) is 4.42. The number of halogens is 1. The number of rotatable bonds is 5. The summed E-state index contributed by atoms with van der Waals surface area (Å²) in [6, 6.07) is 7.42. The van der Waals surface area contributed by atoms with Crippen LogP contribution >= 0.6 is 12.4 Å². The minimum Gasteiger partial charge on any atom is -0.481 e. The first kappa shape index (κ1) is 15.4. The number of carboxylic acid groups (broad SMARTS) is 2. The van der Waals surface area contributed by atoms with Gasteiger partial charge in [0.2, 0.25) is 0 Å². The standard InChI is InChI=1S/C11H13NO4.ClH/c12-9(11(15)16)8(10(13)14)6-7-4-2-1-3-5-7;/h1-5,8-9H,6,12H2,(H,13,14)(H,15,16);1H/t8?,9-;/m0./s1. The quantitative estimate of drug-likeness (QED) is 0.725. The molecule has 94 valence electrons. The third-order valence-electron chi connectivity index (χ3n) is 2.33. The van der Waals surface area contributed by atoms with Crippen LogP contribution < -0.4 is 5.73 Å². The maximum absolute atomic E-state index is 10.9. The second-order valence-corrected chi connectivity index (χ2v) is 3.50. The average Bonchev–Trinajstić information content (AvgIpc) is 2.26. The molecule has 0 aliphatic carbocycles. The second kappa shape index (κ2) is 6.88. The Hall–Kier alpha value is -1.59. The van der Waals surface area contributed by atoms with Gasteiger partial charge >= 0.3 is 11.9 Å². The smallest absolute Gasteiger partial charge is 0.321 e. The number of aliphatic carboxylic acids is 2. The van der Waals surface area contributed by atoms with Crippen LogP contribution in [0.5, 0.6) is 0 Å². The lowest BCUT2D eigenvalue weighted by Crippen LogP contribution is -2.43. The van der Waals surface area contributed by atoms with E-state index in [0.717, 1.165) is 5.56 Å². The summed E-state index contributed by atoms with van der Waals surface area (Å²) >= 11 is 0. The Labute approximate surface area is 105 Å². The van der Waals surface area contributed by atoms with E-state index in [-0.39, 0.29) is 18.8 Å². The van der Waals surface area contributed by atoms with Crippen LogP contribution in [0.4, 0.5) is 0 Å². The maximum Gasteiger partial charge on any atom is 0.321 e. The minimum atomic E-state index is -1.39. The molecule has 0 aliphatic rings. The van der Waals surface area contributed by atoms with Gasteiger partial charge in [-0.3, -0.25) is 9.59 Å². The van der Waals surface area contributed by atoms with Gasteiger partial charge in [0.1, 0.15) is 6.04 Å². The molecule has 1 rings (SSSR count). The zero-order chi connectivity index (χ0) is 12.1. The highest BCUT2D eigenvalue weighted by Gasteiger charge is 2.30. The van der Waals surface area contributed by atoms with Crippen LogP contribution in [0.3, 0.4) is 0 Å². The van der Waals surface area contributed by atoms with Crippen LogP contribution in [0.25, 0.3) is 0 Å². The van der Waals surface area contributed by atoms with Gasteiger partial charge in [0.15, 0.2) is 0 Å². The number of carbonyl (C=O) groups is 2. The van der Waals surface area contributed by atoms with Crippen molar-refractivity contribution < 1.29 is 19.8 Å². The van der Waals surface area contributed by atoms with Gasteiger partial charge in [-0.2, -0.15) is 0 Å². The molecule has 0 saturated heterocycles. The molecule has 0 radical (unpaired) electrons. The number of benzene rings is 1. The van der Waals surface area contributed by atoms with Crippen molar-refractivity contribution in [2.45, 2.75) is 12.5 Å². The van der Waals surface area contributed by atoms with Crippen LogP contribution in [-0.4, -0.2) is 28.2 Å². The first-order chi connectivity index (χ1) is 7.52. The van der Waals surface area contributed by atoms with E-state index >= 15 is 0 Å². The van der Waals surface area contributed by atoms with Crippen LogP contribution in [-0.2, 0) is 16.0 Å². The van der Waals surface area contributed by atoms with Gasteiger partial charge in [-0.15, -0.1) is 12.4 Å². The molecule has 0 saturated carbocycles. The fraction of sp³-hybridized carbons (Fsp3) is 0.273. The van der Waals surface area contributed by atoms with Gasteiger partial charge in [0.25, 0.3) is 0 Å². The van der Waals surface area contributed by atoms with Crippen LogP contribution in [0.2, 0.25) is 0 Å². The molecule has 0 aliphatic heterocycles. The molecule has 4 N–H and O–H groups in total. The van der Waals surface area contributed by atoms with Crippen molar-refractivity contribution >= 4 is 24.3 Å².